The highest BCUT2D eigenvalue weighted by Gasteiger charge is 2.22. The van der Waals surface area contributed by atoms with E-state index in [2.05, 4.69) is 27.3 Å². The number of hydrogen-bond donors (Lipinski definition) is 1. The van der Waals surface area contributed by atoms with Crippen molar-refractivity contribution in [1.29, 1.82) is 0 Å². The molecule has 1 aliphatic rings. The van der Waals surface area contributed by atoms with Gasteiger partial charge in [0.2, 0.25) is 5.89 Å². The monoisotopic (exact) mass is 226 g/mol. The van der Waals surface area contributed by atoms with E-state index >= 15 is 0 Å². The molecule has 1 atom stereocenters. The molecule has 1 fully saturated rings. The average Bonchev–Trinajstić information content (AvgIpc) is 2.78. The second-order valence-corrected chi connectivity index (χ2v) is 3.86. The van der Waals surface area contributed by atoms with Gasteiger partial charge in [-0.15, -0.1) is 5.10 Å². The summed E-state index contributed by atoms with van der Waals surface area (Å²) in [5.74, 6) is 0.622. The van der Waals surface area contributed by atoms with Crippen LogP contribution in [0.4, 0.5) is 6.01 Å². The van der Waals surface area contributed by atoms with E-state index in [0.29, 0.717) is 18.5 Å². The molecule has 1 unspecified atom stereocenters. The molecule has 2 heterocycles. The third-order valence-electron chi connectivity index (χ3n) is 2.65. The summed E-state index contributed by atoms with van der Waals surface area (Å²) in [5, 5.41) is 11.0. The third-order valence-corrected chi connectivity index (χ3v) is 2.65. The fourth-order valence-electron chi connectivity index (χ4n) is 1.74. The summed E-state index contributed by atoms with van der Waals surface area (Å²) in [7, 11) is 1.85. The van der Waals surface area contributed by atoms with Gasteiger partial charge >= 0.3 is 6.01 Å². The van der Waals surface area contributed by atoms with Gasteiger partial charge < -0.3 is 19.4 Å². The smallest absolute Gasteiger partial charge is 0.318 e. The van der Waals surface area contributed by atoms with Crippen LogP contribution in [0.2, 0.25) is 0 Å². The molecule has 0 aromatic carbocycles. The van der Waals surface area contributed by atoms with Gasteiger partial charge in [0.15, 0.2) is 0 Å². The number of hydrogen-bond acceptors (Lipinski definition) is 6. The number of aromatic nitrogens is 2. The van der Waals surface area contributed by atoms with Crippen LogP contribution in [-0.4, -0.2) is 43.0 Å². The number of anilines is 1. The molecule has 0 radical (unpaired) electrons. The molecular formula is C10H18N4O2. The fourth-order valence-corrected chi connectivity index (χ4v) is 1.74. The van der Waals surface area contributed by atoms with E-state index in [4.69, 9.17) is 9.15 Å². The average molecular weight is 226 g/mol. The maximum Gasteiger partial charge on any atom is 0.318 e. The van der Waals surface area contributed by atoms with Crippen molar-refractivity contribution in [3.8, 4) is 0 Å². The van der Waals surface area contributed by atoms with Crippen LogP contribution in [0.15, 0.2) is 4.42 Å². The van der Waals surface area contributed by atoms with Crippen LogP contribution in [-0.2, 0) is 11.3 Å². The highest BCUT2D eigenvalue weighted by Crippen LogP contribution is 2.17. The molecule has 0 saturated carbocycles. The molecule has 90 valence electrons. The first-order valence-electron chi connectivity index (χ1n) is 5.67. The van der Waals surface area contributed by atoms with Gasteiger partial charge in [-0.2, -0.15) is 0 Å². The van der Waals surface area contributed by atoms with Crippen LogP contribution < -0.4 is 10.2 Å². The quantitative estimate of drug-likeness (QED) is 0.802. The van der Waals surface area contributed by atoms with Gasteiger partial charge in [0.25, 0.3) is 0 Å². The first-order valence-corrected chi connectivity index (χ1v) is 5.67. The van der Waals surface area contributed by atoms with E-state index < -0.39 is 0 Å². The Morgan fingerprint density at radius 3 is 3.12 bits per heavy atom. The normalized spacial score (nSPS) is 21.4. The van der Waals surface area contributed by atoms with Crippen LogP contribution in [0.1, 0.15) is 19.2 Å². The largest absolute Gasteiger partial charge is 0.407 e. The highest BCUT2D eigenvalue weighted by molar-refractivity contribution is 5.25. The second-order valence-electron chi connectivity index (χ2n) is 3.86. The lowest BCUT2D eigenvalue weighted by Gasteiger charge is -2.30. The first kappa shape index (κ1) is 11.3. The van der Waals surface area contributed by atoms with E-state index in [1.165, 1.54) is 0 Å². The van der Waals surface area contributed by atoms with Crippen LogP contribution in [0, 0.1) is 0 Å². The van der Waals surface area contributed by atoms with Crippen LogP contribution >= 0.6 is 0 Å². The number of nitrogens with zero attached hydrogens (tertiary/aromatic N) is 3. The van der Waals surface area contributed by atoms with E-state index in [1.807, 2.05) is 7.05 Å². The molecular weight excluding hydrogens is 208 g/mol. The molecule has 0 bridgehead atoms. The Hall–Kier alpha value is -1.14. The van der Waals surface area contributed by atoms with Gasteiger partial charge in [-0.25, -0.2) is 0 Å². The topological polar surface area (TPSA) is 63.4 Å². The summed E-state index contributed by atoms with van der Waals surface area (Å²) in [6.07, 6.45) is 1.28. The Balaban J connectivity index is 1.99. The van der Waals surface area contributed by atoms with Crippen molar-refractivity contribution in [3.63, 3.8) is 0 Å². The fraction of sp³-hybridized carbons (Fsp3) is 0.800. The Kier molecular flexibility index (Phi) is 3.74. The van der Waals surface area contributed by atoms with Crippen molar-refractivity contribution < 1.29 is 9.15 Å². The van der Waals surface area contributed by atoms with Gasteiger partial charge in [0, 0.05) is 13.1 Å². The lowest BCUT2D eigenvalue weighted by Crippen LogP contribution is -2.42. The highest BCUT2D eigenvalue weighted by atomic mass is 16.5. The van der Waals surface area contributed by atoms with Crippen molar-refractivity contribution >= 4 is 6.01 Å². The minimum absolute atomic E-state index is 0.272. The molecule has 1 saturated heterocycles. The second kappa shape index (κ2) is 5.27. The number of ether oxygens (including phenoxy) is 1. The maximum absolute atomic E-state index is 5.59. The molecule has 0 amide bonds. The van der Waals surface area contributed by atoms with Crippen molar-refractivity contribution in [1.82, 2.24) is 15.5 Å². The summed E-state index contributed by atoms with van der Waals surface area (Å²) >= 11 is 0. The van der Waals surface area contributed by atoms with Gasteiger partial charge in [0.1, 0.15) is 0 Å². The molecule has 1 N–H and O–H groups in total. The SMILES string of the molecule is CCC1CN(c2nnc(CNC)o2)CCO1. The van der Waals surface area contributed by atoms with Crippen LogP contribution in [0.25, 0.3) is 0 Å². The Morgan fingerprint density at radius 2 is 2.38 bits per heavy atom. The van der Waals surface area contributed by atoms with Crippen molar-refractivity contribution in [2.24, 2.45) is 0 Å². The standard InChI is InChI=1S/C10H18N4O2/c1-3-8-7-14(4-5-15-8)10-13-12-9(16-10)6-11-2/h8,11H,3-7H2,1-2H3. The summed E-state index contributed by atoms with van der Waals surface area (Å²) in [4.78, 5) is 2.09. The minimum Gasteiger partial charge on any atom is -0.407 e. The predicted octanol–water partition coefficient (Wildman–Crippen LogP) is 0.404. The lowest BCUT2D eigenvalue weighted by atomic mass is 10.2. The Bertz CT molecular complexity index is 328. The molecule has 6 heteroatoms. The summed E-state index contributed by atoms with van der Waals surface area (Å²) in [6, 6.07) is 0.604. The van der Waals surface area contributed by atoms with Gasteiger partial charge in [-0.3, -0.25) is 0 Å². The molecule has 16 heavy (non-hydrogen) atoms. The summed E-state index contributed by atoms with van der Waals surface area (Å²) in [6.45, 7) is 5.10. The minimum atomic E-state index is 0.272. The lowest BCUT2D eigenvalue weighted by molar-refractivity contribution is 0.0366. The van der Waals surface area contributed by atoms with E-state index in [1.54, 1.807) is 0 Å². The van der Waals surface area contributed by atoms with Gasteiger partial charge in [-0.1, -0.05) is 12.0 Å². The summed E-state index contributed by atoms with van der Waals surface area (Å²) < 4.78 is 11.1. The van der Waals surface area contributed by atoms with Crippen LogP contribution in [0.5, 0.6) is 0 Å². The Morgan fingerprint density at radius 1 is 1.50 bits per heavy atom. The zero-order valence-electron chi connectivity index (χ0n) is 9.77. The van der Waals surface area contributed by atoms with Gasteiger partial charge in [0.05, 0.1) is 19.3 Å². The molecule has 6 nitrogen and oxygen atoms in total. The zero-order valence-corrected chi connectivity index (χ0v) is 9.77. The van der Waals surface area contributed by atoms with Crippen molar-refractivity contribution in [3.05, 3.63) is 5.89 Å². The van der Waals surface area contributed by atoms with Gasteiger partial charge in [-0.05, 0) is 13.5 Å². The third kappa shape index (κ3) is 2.51. The summed E-state index contributed by atoms with van der Waals surface area (Å²) in [5.41, 5.74) is 0. The molecule has 1 aromatic heterocycles. The van der Waals surface area contributed by atoms with E-state index in [-0.39, 0.29) is 6.10 Å². The molecule has 2 rings (SSSR count). The number of nitrogens with one attached hydrogen (secondary N) is 1. The van der Waals surface area contributed by atoms with Crippen molar-refractivity contribution in [2.45, 2.75) is 26.0 Å². The molecule has 0 spiro atoms. The maximum atomic E-state index is 5.59. The van der Waals surface area contributed by atoms with Crippen LogP contribution in [0.3, 0.4) is 0 Å². The zero-order chi connectivity index (χ0) is 11.4. The Labute approximate surface area is 95.0 Å². The molecule has 1 aromatic rings. The first-order chi connectivity index (χ1) is 7.83. The molecule has 1 aliphatic heterocycles. The predicted molar refractivity (Wildman–Crippen MR) is 59.3 cm³/mol. The van der Waals surface area contributed by atoms with E-state index in [0.717, 1.165) is 26.1 Å². The number of rotatable bonds is 4. The van der Waals surface area contributed by atoms with E-state index in [9.17, 15) is 0 Å². The van der Waals surface area contributed by atoms with Crippen molar-refractivity contribution in [2.75, 3.05) is 31.6 Å². The number of morpholine rings is 1. The molecule has 0 aliphatic carbocycles.